The molecule has 0 bridgehead atoms. The molecule has 0 unspecified atom stereocenters. The summed E-state index contributed by atoms with van der Waals surface area (Å²) in [6, 6.07) is 7.80. The number of hydrogen-bond donors (Lipinski definition) is 2. The topological polar surface area (TPSA) is 89.0 Å². The number of aromatic amines is 1. The van der Waals surface area contributed by atoms with Crippen molar-refractivity contribution in [1.82, 2.24) is 14.6 Å². The molecule has 0 aliphatic carbocycles. The Kier molecular flexibility index (Phi) is 5.03. The Morgan fingerprint density at radius 3 is 2.92 bits per heavy atom. The lowest BCUT2D eigenvalue weighted by Gasteiger charge is -2.11. The molecule has 0 atom stereocenters. The number of nitrogens with one attached hydrogen (secondary N) is 2. The number of carbonyl (C=O) groups excluding carboxylic acids is 1. The van der Waals surface area contributed by atoms with E-state index in [2.05, 4.69) is 15.4 Å². The van der Waals surface area contributed by atoms with Crippen molar-refractivity contribution in [3.63, 3.8) is 0 Å². The van der Waals surface area contributed by atoms with Gasteiger partial charge in [0.2, 0.25) is 4.77 Å². The van der Waals surface area contributed by atoms with E-state index in [0.29, 0.717) is 16.4 Å². The minimum absolute atomic E-state index is 0.00840. The molecule has 2 heterocycles. The standard InChI is InChI=1S/C15H10Cl2N4O3S/c16-8-3-4-11(10(17)6-8)24-7-12(22)20-21-14(23)9-2-1-5-18-13(9)19-15(21)25/h1-6H,7H2,(H,20,22)(H,18,19,25). The molecule has 0 aliphatic rings. The summed E-state index contributed by atoms with van der Waals surface area (Å²) in [4.78, 5) is 31.2. The predicted molar refractivity (Wildman–Crippen MR) is 97.5 cm³/mol. The molecule has 7 nitrogen and oxygen atoms in total. The second kappa shape index (κ2) is 7.22. The molecule has 0 spiro atoms. The molecule has 0 aliphatic heterocycles. The number of H-pyrrole nitrogens is 1. The Balaban J connectivity index is 1.78. The Labute approximate surface area is 156 Å². The number of hydrogen-bond acceptors (Lipinski definition) is 5. The van der Waals surface area contributed by atoms with Crippen LogP contribution >= 0.6 is 35.4 Å². The number of pyridine rings is 1. The molecule has 128 valence electrons. The van der Waals surface area contributed by atoms with Crippen molar-refractivity contribution < 1.29 is 9.53 Å². The van der Waals surface area contributed by atoms with E-state index in [9.17, 15) is 9.59 Å². The molecule has 0 fully saturated rings. The van der Waals surface area contributed by atoms with Gasteiger partial charge >= 0.3 is 0 Å². The molecule has 1 amide bonds. The Morgan fingerprint density at radius 1 is 1.36 bits per heavy atom. The van der Waals surface area contributed by atoms with E-state index in [1.807, 2.05) is 0 Å². The van der Waals surface area contributed by atoms with Crippen LogP contribution in [0.25, 0.3) is 11.0 Å². The first-order valence-corrected chi connectivity index (χ1v) is 8.10. The second-order valence-electron chi connectivity index (χ2n) is 4.87. The summed E-state index contributed by atoms with van der Waals surface area (Å²) in [6.45, 7) is -0.367. The summed E-state index contributed by atoms with van der Waals surface area (Å²) in [5.41, 5.74) is 2.22. The minimum atomic E-state index is -0.587. The average molecular weight is 397 g/mol. The fourth-order valence-electron chi connectivity index (χ4n) is 2.04. The third-order valence-corrected chi connectivity index (χ3v) is 3.97. The fraction of sp³-hybridized carbons (Fsp3) is 0.0667. The number of rotatable bonds is 4. The smallest absolute Gasteiger partial charge is 0.282 e. The zero-order valence-corrected chi connectivity index (χ0v) is 14.8. The fourth-order valence-corrected chi connectivity index (χ4v) is 2.73. The first-order chi connectivity index (χ1) is 12.0. The van der Waals surface area contributed by atoms with E-state index in [1.165, 1.54) is 18.3 Å². The summed E-state index contributed by atoms with van der Waals surface area (Å²) in [7, 11) is 0. The van der Waals surface area contributed by atoms with Gasteiger partial charge in [0.25, 0.3) is 11.5 Å². The number of amides is 1. The van der Waals surface area contributed by atoms with E-state index in [-0.39, 0.29) is 21.8 Å². The first-order valence-electron chi connectivity index (χ1n) is 6.93. The quantitative estimate of drug-likeness (QED) is 0.661. The van der Waals surface area contributed by atoms with Crippen LogP contribution in [-0.4, -0.2) is 27.2 Å². The van der Waals surface area contributed by atoms with Crippen LogP contribution in [0.5, 0.6) is 5.75 Å². The predicted octanol–water partition coefficient (Wildman–Crippen LogP) is 2.91. The molecule has 25 heavy (non-hydrogen) atoms. The second-order valence-corrected chi connectivity index (χ2v) is 6.10. The molecule has 1 aromatic carbocycles. The van der Waals surface area contributed by atoms with Gasteiger partial charge in [-0.05, 0) is 42.5 Å². The third kappa shape index (κ3) is 3.81. The van der Waals surface area contributed by atoms with Crippen LogP contribution in [0.4, 0.5) is 0 Å². The normalized spacial score (nSPS) is 10.6. The number of carbonyl (C=O) groups is 1. The summed E-state index contributed by atoms with van der Waals surface area (Å²) in [5.74, 6) is -0.294. The molecular formula is C15H10Cl2N4O3S. The average Bonchev–Trinajstić information content (AvgIpc) is 2.58. The number of halogens is 2. The molecular weight excluding hydrogens is 387 g/mol. The van der Waals surface area contributed by atoms with Crippen LogP contribution in [0, 0.1) is 4.77 Å². The first kappa shape index (κ1) is 17.4. The third-order valence-electron chi connectivity index (χ3n) is 3.16. The SMILES string of the molecule is O=C(COc1ccc(Cl)cc1Cl)Nn1c(=S)[nH]c2ncccc2c1=O. The van der Waals surface area contributed by atoms with Gasteiger partial charge in [0.15, 0.2) is 6.61 Å². The van der Waals surface area contributed by atoms with Crippen molar-refractivity contribution in [2.24, 2.45) is 0 Å². The lowest BCUT2D eigenvalue weighted by molar-refractivity contribution is -0.119. The van der Waals surface area contributed by atoms with Gasteiger partial charge in [-0.25, -0.2) is 4.98 Å². The Hall–Kier alpha value is -2.42. The van der Waals surface area contributed by atoms with E-state index < -0.39 is 11.5 Å². The zero-order valence-electron chi connectivity index (χ0n) is 12.5. The van der Waals surface area contributed by atoms with Crippen LogP contribution in [0.1, 0.15) is 0 Å². The summed E-state index contributed by atoms with van der Waals surface area (Å²) in [5, 5.41) is 1.01. The lowest BCUT2D eigenvalue weighted by Crippen LogP contribution is -2.36. The monoisotopic (exact) mass is 396 g/mol. The van der Waals surface area contributed by atoms with Crippen molar-refractivity contribution in [2.45, 2.75) is 0 Å². The highest BCUT2D eigenvalue weighted by Crippen LogP contribution is 2.27. The maximum atomic E-state index is 12.4. The van der Waals surface area contributed by atoms with Crippen LogP contribution in [0.2, 0.25) is 10.0 Å². The van der Waals surface area contributed by atoms with Crippen LogP contribution in [0.3, 0.4) is 0 Å². The Bertz CT molecular complexity index is 1080. The number of fused-ring (bicyclic) bond motifs is 1. The number of ether oxygens (including phenoxy) is 1. The lowest BCUT2D eigenvalue weighted by atomic mass is 10.3. The van der Waals surface area contributed by atoms with Crippen molar-refractivity contribution in [3.05, 3.63) is 61.7 Å². The summed E-state index contributed by atoms with van der Waals surface area (Å²) in [6.07, 6.45) is 1.53. The summed E-state index contributed by atoms with van der Waals surface area (Å²) < 4.78 is 6.25. The largest absolute Gasteiger partial charge is 0.482 e. The molecule has 2 N–H and O–H groups in total. The highest BCUT2D eigenvalue weighted by Gasteiger charge is 2.11. The van der Waals surface area contributed by atoms with Crippen molar-refractivity contribution in [1.29, 1.82) is 0 Å². The highest BCUT2D eigenvalue weighted by molar-refractivity contribution is 7.71. The van der Waals surface area contributed by atoms with Gasteiger partial charge in [-0.2, -0.15) is 4.68 Å². The van der Waals surface area contributed by atoms with Gasteiger partial charge in [-0.15, -0.1) is 0 Å². The number of aromatic nitrogens is 3. The van der Waals surface area contributed by atoms with Gasteiger partial charge in [-0.3, -0.25) is 15.0 Å². The molecule has 3 aromatic rings. The maximum Gasteiger partial charge on any atom is 0.282 e. The van der Waals surface area contributed by atoms with E-state index in [1.54, 1.807) is 18.2 Å². The van der Waals surface area contributed by atoms with Crippen molar-refractivity contribution >= 4 is 52.4 Å². The van der Waals surface area contributed by atoms with Crippen LogP contribution in [0.15, 0.2) is 41.3 Å². The van der Waals surface area contributed by atoms with Crippen molar-refractivity contribution in [3.8, 4) is 5.75 Å². The van der Waals surface area contributed by atoms with Gasteiger partial charge in [0, 0.05) is 11.2 Å². The van der Waals surface area contributed by atoms with E-state index in [4.69, 9.17) is 40.2 Å². The molecule has 2 aromatic heterocycles. The minimum Gasteiger partial charge on any atom is -0.482 e. The zero-order chi connectivity index (χ0) is 18.0. The molecule has 10 heteroatoms. The van der Waals surface area contributed by atoms with Gasteiger partial charge in [0.05, 0.1) is 10.4 Å². The Morgan fingerprint density at radius 2 is 2.16 bits per heavy atom. The molecule has 3 rings (SSSR count). The van der Waals surface area contributed by atoms with Gasteiger partial charge < -0.3 is 9.72 Å². The summed E-state index contributed by atoms with van der Waals surface area (Å²) >= 11 is 16.8. The highest BCUT2D eigenvalue weighted by atomic mass is 35.5. The van der Waals surface area contributed by atoms with Crippen LogP contribution in [-0.2, 0) is 4.79 Å². The van der Waals surface area contributed by atoms with Gasteiger partial charge in [0.1, 0.15) is 11.4 Å². The van der Waals surface area contributed by atoms with Crippen LogP contribution < -0.4 is 15.7 Å². The number of nitrogens with zero attached hydrogens (tertiary/aromatic N) is 2. The molecule has 0 radical (unpaired) electrons. The van der Waals surface area contributed by atoms with Gasteiger partial charge in [-0.1, -0.05) is 23.2 Å². The molecule has 0 saturated carbocycles. The maximum absolute atomic E-state index is 12.4. The van der Waals surface area contributed by atoms with E-state index in [0.717, 1.165) is 4.68 Å². The number of benzene rings is 1. The molecule has 0 saturated heterocycles. The van der Waals surface area contributed by atoms with E-state index >= 15 is 0 Å². The van der Waals surface area contributed by atoms with Crippen molar-refractivity contribution in [2.75, 3.05) is 12.0 Å².